The van der Waals surface area contributed by atoms with Crippen molar-refractivity contribution in [2.24, 2.45) is 0 Å². The van der Waals surface area contributed by atoms with Gasteiger partial charge in [-0.2, -0.15) is 0 Å². The molecule has 0 aliphatic carbocycles. The van der Waals surface area contributed by atoms with Gasteiger partial charge in [0, 0.05) is 30.2 Å². The average molecular weight is 278 g/mol. The molecule has 2 heterocycles. The molecule has 1 aliphatic rings. The molecule has 20 heavy (non-hydrogen) atoms. The van der Waals surface area contributed by atoms with E-state index in [1.54, 1.807) is 19.9 Å². The topological polar surface area (TPSA) is 19.0 Å². The Morgan fingerprint density at radius 3 is 2.85 bits per heavy atom. The van der Waals surface area contributed by atoms with Crippen molar-refractivity contribution in [3.8, 4) is 0 Å². The first-order valence-corrected chi connectivity index (χ1v) is 7.06. The Labute approximate surface area is 117 Å². The van der Waals surface area contributed by atoms with Crippen molar-refractivity contribution in [1.29, 1.82) is 0 Å². The van der Waals surface area contributed by atoms with Crippen molar-refractivity contribution in [2.75, 3.05) is 6.54 Å². The number of nitrogens with one attached hydrogen (secondary N) is 1. The van der Waals surface area contributed by atoms with E-state index >= 15 is 0 Å². The highest BCUT2D eigenvalue weighted by molar-refractivity contribution is 5.85. The Hall–Kier alpha value is -1.42. The summed E-state index contributed by atoms with van der Waals surface area (Å²) in [6.45, 7) is 6.34. The molecule has 4 heteroatoms. The van der Waals surface area contributed by atoms with E-state index in [4.69, 9.17) is 0 Å². The van der Waals surface area contributed by atoms with E-state index in [1.165, 1.54) is 11.6 Å². The lowest BCUT2D eigenvalue weighted by molar-refractivity contribution is 0.0853. The molecule has 0 unspecified atom stereocenters. The van der Waals surface area contributed by atoms with Crippen LogP contribution >= 0.6 is 0 Å². The molecule has 0 fully saturated rings. The van der Waals surface area contributed by atoms with Gasteiger partial charge < -0.3 is 4.98 Å². The highest BCUT2D eigenvalue weighted by atomic mass is 19.1. The lowest BCUT2D eigenvalue weighted by Crippen LogP contribution is -2.44. The number of hydrogen-bond donors (Lipinski definition) is 1. The van der Waals surface area contributed by atoms with Crippen LogP contribution in [0.2, 0.25) is 0 Å². The monoisotopic (exact) mass is 278 g/mol. The summed E-state index contributed by atoms with van der Waals surface area (Å²) in [5.74, 6) is -0.220. The standard InChI is InChI=1S/C16H20F2N2/c1-10-7-12-11-5-4-6-13(17)15(11)19-14(12)8-20(10)9-16(2,3)18/h4-6,10,19H,7-9H2,1-3H3/t10-/m1/s1. The van der Waals surface area contributed by atoms with Crippen LogP contribution in [-0.2, 0) is 13.0 Å². The first-order valence-electron chi connectivity index (χ1n) is 7.06. The van der Waals surface area contributed by atoms with Crippen LogP contribution in [0.4, 0.5) is 8.78 Å². The zero-order valence-electron chi connectivity index (χ0n) is 12.1. The first kappa shape index (κ1) is 13.6. The van der Waals surface area contributed by atoms with Crippen LogP contribution in [-0.4, -0.2) is 28.1 Å². The third kappa shape index (κ3) is 2.33. The molecule has 0 spiro atoms. The minimum Gasteiger partial charge on any atom is -0.355 e. The highest BCUT2D eigenvalue weighted by Gasteiger charge is 2.30. The Morgan fingerprint density at radius 1 is 1.40 bits per heavy atom. The van der Waals surface area contributed by atoms with Gasteiger partial charge in [0.25, 0.3) is 0 Å². The number of fused-ring (bicyclic) bond motifs is 3. The van der Waals surface area contributed by atoms with Gasteiger partial charge in [0.05, 0.1) is 5.52 Å². The zero-order valence-corrected chi connectivity index (χ0v) is 12.1. The summed E-state index contributed by atoms with van der Waals surface area (Å²) >= 11 is 0. The quantitative estimate of drug-likeness (QED) is 0.885. The van der Waals surface area contributed by atoms with E-state index < -0.39 is 5.67 Å². The summed E-state index contributed by atoms with van der Waals surface area (Å²) in [5, 5.41) is 0.964. The molecule has 2 nitrogen and oxygen atoms in total. The average Bonchev–Trinajstić information content (AvgIpc) is 2.67. The molecule has 0 amide bonds. The van der Waals surface area contributed by atoms with Crippen LogP contribution in [0.5, 0.6) is 0 Å². The first-order chi connectivity index (χ1) is 9.35. The third-order valence-corrected chi connectivity index (χ3v) is 4.04. The van der Waals surface area contributed by atoms with Crippen LogP contribution in [0.1, 0.15) is 32.0 Å². The Kier molecular flexibility index (Phi) is 3.09. The molecule has 3 rings (SSSR count). The number of nitrogens with zero attached hydrogens (tertiary/aromatic N) is 1. The van der Waals surface area contributed by atoms with Crippen molar-refractivity contribution in [3.63, 3.8) is 0 Å². The van der Waals surface area contributed by atoms with Crippen LogP contribution in [0.3, 0.4) is 0 Å². The number of aromatic nitrogens is 1. The summed E-state index contributed by atoms with van der Waals surface area (Å²) < 4.78 is 27.7. The normalized spacial score (nSPS) is 20.4. The maximum Gasteiger partial charge on any atom is 0.147 e. The van der Waals surface area contributed by atoms with Crippen LogP contribution in [0, 0.1) is 5.82 Å². The van der Waals surface area contributed by atoms with Crippen LogP contribution < -0.4 is 0 Å². The SMILES string of the molecule is C[C@@H]1Cc2c([nH]c3c(F)cccc23)CN1CC(C)(C)F. The summed E-state index contributed by atoms with van der Waals surface area (Å²) in [7, 11) is 0. The van der Waals surface area contributed by atoms with Gasteiger partial charge in [0.2, 0.25) is 0 Å². The van der Waals surface area contributed by atoms with E-state index in [1.807, 2.05) is 6.07 Å². The van der Waals surface area contributed by atoms with Gasteiger partial charge in [-0.3, -0.25) is 4.90 Å². The minimum absolute atomic E-state index is 0.220. The second kappa shape index (κ2) is 4.55. The van der Waals surface area contributed by atoms with Gasteiger partial charge in [-0.1, -0.05) is 12.1 Å². The summed E-state index contributed by atoms with van der Waals surface area (Å²) in [4.78, 5) is 5.30. The van der Waals surface area contributed by atoms with Crippen molar-refractivity contribution in [3.05, 3.63) is 35.3 Å². The fraction of sp³-hybridized carbons (Fsp3) is 0.500. The van der Waals surface area contributed by atoms with Gasteiger partial charge in [-0.05, 0) is 38.8 Å². The lowest BCUT2D eigenvalue weighted by Gasteiger charge is -2.36. The second-order valence-electron chi connectivity index (χ2n) is 6.42. The molecule has 0 saturated carbocycles. The Balaban J connectivity index is 1.99. The third-order valence-electron chi connectivity index (χ3n) is 4.04. The van der Waals surface area contributed by atoms with Gasteiger partial charge in [-0.25, -0.2) is 8.78 Å². The largest absolute Gasteiger partial charge is 0.355 e. The van der Waals surface area contributed by atoms with E-state index in [-0.39, 0.29) is 11.9 Å². The van der Waals surface area contributed by atoms with Crippen LogP contribution in [0.15, 0.2) is 18.2 Å². The van der Waals surface area contributed by atoms with E-state index in [2.05, 4.69) is 16.8 Å². The molecular weight excluding hydrogens is 258 g/mol. The number of benzene rings is 1. The molecule has 1 atom stereocenters. The fourth-order valence-electron chi connectivity index (χ4n) is 3.14. The number of alkyl halides is 1. The van der Waals surface area contributed by atoms with E-state index in [9.17, 15) is 8.78 Å². The van der Waals surface area contributed by atoms with Gasteiger partial charge >= 0.3 is 0 Å². The number of hydrogen-bond acceptors (Lipinski definition) is 1. The van der Waals surface area contributed by atoms with Gasteiger partial charge in [0.15, 0.2) is 0 Å². The van der Waals surface area contributed by atoms with E-state index in [0.29, 0.717) is 18.6 Å². The molecule has 0 radical (unpaired) electrons. The highest BCUT2D eigenvalue weighted by Crippen LogP contribution is 2.32. The molecule has 1 N–H and O–H groups in total. The lowest BCUT2D eigenvalue weighted by atomic mass is 9.96. The molecule has 1 aromatic carbocycles. The molecular formula is C16H20F2N2. The summed E-state index contributed by atoms with van der Waals surface area (Å²) in [6.07, 6.45) is 0.828. The number of para-hydroxylation sites is 1. The molecule has 0 saturated heterocycles. The zero-order chi connectivity index (χ0) is 14.5. The molecule has 1 aromatic heterocycles. The van der Waals surface area contributed by atoms with E-state index in [0.717, 1.165) is 17.5 Å². The van der Waals surface area contributed by atoms with Gasteiger partial charge in [-0.15, -0.1) is 0 Å². The number of aromatic amines is 1. The minimum atomic E-state index is -1.22. The second-order valence-corrected chi connectivity index (χ2v) is 6.42. The van der Waals surface area contributed by atoms with Gasteiger partial charge in [0.1, 0.15) is 11.5 Å². The van der Waals surface area contributed by atoms with Crippen molar-refractivity contribution >= 4 is 10.9 Å². The number of rotatable bonds is 2. The number of halogens is 2. The molecule has 2 aromatic rings. The fourth-order valence-corrected chi connectivity index (χ4v) is 3.14. The summed E-state index contributed by atoms with van der Waals surface area (Å²) in [5.41, 5.74) is 1.56. The van der Waals surface area contributed by atoms with Crippen molar-refractivity contribution < 1.29 is 8.78 Å². The molecule has 0 bridgehead atoms. The van der Waals surface area contributed by atoms with Crippen LogP contribution in [0.25, 0.3) is 10.9 Å². The number of H-pyrrole nitrogens is 1. The van der Waals surface area contributed by atoms with Crippen molar-refractivity contribution in [1.82, 2.24) is 9.88 Å². The Bertz CT molecular complexity index is 640. The molecule has 1 aliphatic heterocycles. The Morgan fingerprint density at radius 2 is 2.15 bits per heavy atom. The maximum absolute atomic E-state index is 13.9. The predicted octanol–water partition coefficient (Wildman–Crippen LogP) is 3.80. The smallest absolute Gasteiger partial charge is 0.147 e. The van der Waals surface area contributed by atoms with Crippen molar-refractivity contribution in [2.45, 2.75) is 45.4 Å². The predicted molar refractivity (Wildman–Crippen MR) is 77.0 cm³/mol. The molecule has 108 valence electrons. The summed E-state index contributed by atoms with van der Waals surface area (Å²) in [6, 6.07) is 5.43. The maximum atomic E-state index is 13.9.